The molecule has 1 fully saturated rings. The van der Waals surface area contributed by atoms with E-state index in [0.29, 0.717) is 12.0 Å². The average Bonchev–Trinajstić information content (AvgIpc) is 2.36. The molecule has 1 saturated heterocycles. The number of hydrogen-bond donors (Lipinski definition) is 1. The van der Waals surface area contributed by atoms with Crippen LogP contribution in [0.2, 0.25) is 0 Å². The third-order valence-corrected chi connectivity index (χ3v) is 3.73. The van der Waals surface area contributed by atoms with Crippen LogP contribution in [0.3, 0.4) is 0 Å². The molecular weight excluding hydrogens is 236 g/mol. The Bertz CT molecular complexity index is 411. The van der Waals surface area contributed by atoms with Crippen LogP contribution < -0.4 is 5.32 Å². The summed E-state index contributed by atoms with van der Waals surface area (Å²) in [4.78, 5) is 4.49. The van der Waals surface area contributed by atoms with Crippen LogP contribution in [-0.4, -0.2) is 24.2 Å². The Kier molecular flexibility index (Phi) is 4.46. The van der Waals surface area contributed by atoms with Gasteiger partial charge in [-0.05, 0) is 37.3 Å². The average molecular weight is 262 g/mol. The van der Waals surface area contributed by atoms with Crippen LogP contribution in [0, 0.1) is 18.3 Å². The van der Waals surface area contributed by atoms with Gasteiger partial charge in [0, 0.05) is 24.8 Å². The molecule has 0 radical (unpaired) electrons. The molecule has 1 aromatic rings. The van der Waals surface area contributed by atoms with Gasteiger partial charge in [-0.3, -0.25) is 0 Å². The molecule has 2 heterocycles. The molecule has 106 valence electrons. The molecule has 0 aromatic carbocycles. The second-order valence-electron chi connectivity index (χ2n) is 6.60. The Morgan fingerprint density at radius 1 is 1.37 bits per heavy atom. The van der Waals surface area contributed by atoms with E-state index in [0.717, 1.165) is 24.7 Å². The lowest BCUT2D eigenvalue weighted by molar-refractivity contribution is -0.0814. The SMILES string of the molecule is Cc1cccc(NCC2CCCOC2C(C)(C)C)n1. The molecule has 19 heavy (non-hydrogen) atoms. The van der Waals surface area contributed by atoms with Gasteiger partial charge in [0.1, 0.15) is 5.82 Å². The van der Waals surface area contributed by atoms with Gasteiger partial charge < -0.3 is 10.1 Å². The van der Waals surface area contributed by atoms with Gasteiger partial charge in [-0.15, -0.1) is 0 Å². The first-order valence-corrected chi connectivity index (χ1v) is 7.26. The minimum Gasteiger partial charge on any atom is -0.377 e. The monoisotopic (exact) mass is 262 g/mol. The molecule has 0 spiro atoms. The van der Waals surface area contributed by atoms with Crippen molar-refractivity contribution in [2.75, 3.05) is 18.5 Å². The Morgan fingerprint density at radius 2 is 2.16 bits per heavy atom. The molecule has 1 aliphatic rings. The summed E-state index contributed by atoms with van der Waals surface area (Å²) in [5, 5.41) is 3.47. The molecule has 0 bridgehead atoms. The number of nitrogens with zero attached hydrogens (tertiary/aromatic N) is 1. The van der Waals surface area contributed by atoms with Crippen molar-refractivity contribution >= 4 is 5.82 Å². The zero-order valence-corrected chi connectivity index (χ0v) is 12.6. The molecule has 0 amide bonds. The van der Waals surface area contributed by atoms with Gasteiger partial charge in [0.15, 0.2) is 0 Å². The molecule has 2 rings (SSSR count). The molecule has 2 atom stereocenters. The number of hydrogen-bond acceptors (Lipinski definition) is 3. The topological polar surface area (TPSA) is 34.1 Å². The van der Waals surface area contributed by atoms with Gasteiger partial charge in [0.2, 0.25) is 0 Å². The van der Waals surface area contributed by atoms with Crippen molar-refractivity contribution in [1.29, 1.82) is 0 Å². The minimum atomic E-state index is 0.201. The second-order valence-corrected chi connectivity index (χ2v) is 6.60. The molecule has 2 unspecified atom stereocenters. The zero-order valence-electron chi connectivity index (χ0n) is 12.6. The quantitative estimate of drug-likeness (QED) is 0.903. The fourth-order valence-electron chi connectivity index (χ4n) is 2.89. The number of nitrogens with one attached hydrogen (secondary N) is 1. The number of rotatable bonds is 3. The second kappa shape index (κ2) is 5.91. The summed E-state index contributed by atoms with van der Waals surface area (Å²) in [5.74, 6) is 1.54. The van der Waals surface area contributed by atoms with Crippen LogP contribution in [0.1, 0.15) is 39.3 Å². The summed E-state index contributed by atoms with van der Waals surface area (Å²) < 4.78 is 6.01. The van der Waals surface area contributed by atoms with E-state index in [1.165, 1.54) is 12.8 Å². The number of pyridine rings is 1. The van der Waals surface area contributed by atoms with Gasteiger partial charge in [0.25, 0.3) is 0 Å². The number of anilines is 1. The van der Waals surface area contributed by atoms with Crippen molar-refractivity contribution in [1.82, 2.24) is 4.98 Å². The van der Waals surface area contributed by atoms with Crippen molar-refractivity contribution in [2.45, 2.75) is 46.6 Å². The first kappa shape index (κ1) is 14.3. The van der Waals surface area contributed by atoms with E-state index in [2.05, 4.69) is 31.1 Å². The maximum absolute atomic E-state index is 6.01. The van der Waals surface area contributed by atoms with Crippen LogP contribution in [0.4, 0.5) is 5.82 Å². The summed E-state index contributed by atoms with van der Waals surface area (Å²) >= 11 is 0. The van der Waals surface area contributed by atoms with E-state index in [4.69, 9.17) is 4.74 Å². The highest BCUT2D eigenvalue weighted by atomic mass is 16.5. The van der Waals surface area contributed by atoms with Gasteiger partial charge in [-0.2, -0.15) is 0 Å². The predicted octanol–water partition coefficient (Wildman–Crippen LogP) is 3.64. The molecule has 3 nitrogen and oxygen atoms in total. The third kappa shape index (κ3) is 3.93. The van der Waals surface area contributed by atoms with Crippen LogP contribution in [-0.2, 0) is 4.74 Å². The zero-order chi connectivity index (χ0) is 13.9. The molecule has 3 heteroatoms. The van der Waals surface area contributed by atoms with E-state index in [9.17, 15) is 0 Å². The summed E-state index contributed by atoms with van der Waals surface area (Å²) in [7, 11) is 0. The maximum Gasteiger partial charge on any atom is 0.126 e. The Labute approximate surface area is 116 Å². The van der Waals surface area contributed by atoms with Gasteiger partial charge in [-0.1, -0.05) is 26.8 Å². The molecule has 1 N–H and O–H groups in total. The fourth-order valence-corrected chi connectivity index (χ4v) is 2.89. The Balaban J connectivity index is 1.97. The largest absolute Gasteiger partial charge is 0.377 e. The van der Waals surface area contributed by atoms with E-state index < -0.39 is 0 Å². The summed E-state index contributed by atoms with van der Waals surface area (Å²) in [5.41, 5.74) is 1.25. The van der Waals surface area contributed by atoms with Crippen LogP contribution >= 0.6 is 0 Å². The van der Waals surface area contributed by atoms with Crippen molar-refractivity contribution in [3.05, 3.63) is 23.9 Å². The highest BCUT2D eigenvalue weighted by molar-refractivity contribution is 5.35. The normalized spacial score (nSPS) is 24.2. The minimum absolute atomic E-state index is 0.201. The highest BCUT2D eigenvalue weighted by Gasteiger charge is 2.35. The van der Waals surface area contributed by atoms with Crippen LogP contribution in [0.5, 0.6) is 0 Å². The highest BCUT2D eigenvalue weighted by Crippen LogP contribution is 2.34. The van der Waals surface area contributed by atoms with Crippen molar-refractivity contribution < 1.29 is 4.74 Å². The lowest BCUT2D eigenvalue weighted by Crippen LogP contribution is -2.42. The molecule has 0 saturated carbocycles. The van der Waals surface area contributed by atoms with Crippen LogP contribution in [0.25, 0.3) is 0 Å². The first-order chi connectivity index (χ1) is 8.97. The van der Waals surface area contributed by atoms with E-state index in [1.807, 2.05) is 25.1 Å². The summed E-state index contributed by atoms with van der Waals surface area (Å²) in [6.45, 7) is 10.7. The van der Waals surface area contributed by atoms with Gasteiger partial charge >= 0.3 is 0 Å². The molecular formula is C16H26N2O. The Morgan fingerprint density at radius 3 is 2.84 bits per heavy atom. The van der Waals surface area contributed by atoms with Crippen molar-refractivity contribution in [3.63, 3.8) is 0 Å². The van der Waals surface area contributed by atoms with Gasteiger partial charge in [-0.25, -0.2) is 4.98 Å². The molecule has 0 aliphatic carbocycles. The number of aromatic nitrogens is 1. The molecule has 1 aliphatic heterocycles. The van der Waals surface area contributed by atoms with Crippen LogP contribution in [0.15, 0.2) is 18.2 Å². The van der Waals surface area contributed by atoms with E-state index in [1.54, 1.807) is 0 Å². The number of aryl methyl sites for hydroxylation is 1. The predicted molar refractivity (Wildman–Crippen MR) is 79.4 cm³/mol. The standard InChI is InChI=1S/C16H26N2O/c1-12-7-5-9-14(18-12)17-11-13-8-6-10-19-15(13)16(2,3)4/h5,7,9,13,15H,6,8,10-11H2,1-4H3,(H,17,18). The van der Waals surface area contributed by atoms with Crippen molar-refractivity contribution in [3.8, 4) is 0 Å². The lowest BCUT2D eigenvalue weighted by atomic mass is 9.78. The Hall–Kier alpha value is -1.09. The lowest BCUT2D eigenvalue weighted by Gasteiger charge is -2.40. The third-order valence-electron chi connectivity index (χ3n) is 3.73. The first-order valence-electron chi connectivity index (χ1n) is 7.26. The molecule has 1 aromatic heterocycles. The summed E-state index contributed by atoms with van der Waals surface area (Å²) in [6.07, 6.45) is 2.74. The smallest absolute Gasteiger partial charge is 0.126 e. The fraction of sp³-hybridized carbons (Fsp3) is 0.688. The van der Waals surface area contributed by atoms with E-state index >= 15 is 0 Å². The van der Waals surface area contributed by atoms with Crippen molar-refractivity contribution in [2.24, 2.45) is 11.3 Å². The summed E-state index contributed by atoms with van der Waals surface area (Å²) in [6, 6.07) is 6.10. The number of ether oxygens (including phenoxy) is 1. The van der Waals surface area contributed by atoms with Gasteiger partial charge in [0.05, 0.1) is 6.10 Å². The maximum atomic E-state index is 6.01. The van der Waals surface area contributed by atoms with E-state index in [-0.39, 0.29) is 5.41 Å².